The first-order valence-corrected chi connectivity index (χ1v) is 17.1. The number of carbonyl (C=O) groups excluding carboxylic acids is 2. The van der Waals surface area contributed by atoms with Gasteiger partial charge in [0.15, 0.2) is 11.4 Å². The molecule has 0 spiro atoms. The molecular weight excluding hydrogens is 612 g/mol. The van der Waals surface area contributed by atoms with Gasteiger partial charge >= 0.3 is 0 Å². The van der Waals surface area contributed by atoms with Gasteiger partial charge in [-0.2, -0.15) is 0 Å². The van der Waals surface area contributed by atoms with E-state index in [4.69, 9.17) is 9.47 Å². The van der Waals surface area contributed by atoms with Crippen LogP contribution in [-0.2, 0) is 32.2 Å². The minimum atomic E-state index is -0.560. The van der Waals surface area contributed by atoms with Crippen molar-refractivity contribution in [2.75, 3.05) is 12.3 Å². The largest absolute Gasteiger partial charge is 0.392 e. The number of benzene rings is 3. The Kier molecular flexibility index (Phi) is 12.9. The maximum absolute atomic E-state index is 12.5. The van der Waals surface area contributed by atoms with Crippen molar-refractivity contribution in [1.82, 2.24) is 20.6 Å². The predicted octanol–water partition coefficient (Wildman–Crippen LogP) is 6.29. The molecule has 1 aliphatic rings. The first kappa shape index (κ1) is 34.3. The average Bonchev–Trinajstić information content (AvgIpc) is 3.11. The molecule has 5 rings (SSSR count). The van der Waals surface area contributed by atoms with Crippen LogP contribution in [0.25, 0.3) is 11.1 Å². The first-order chi connectivity index (χ1) is 23.0. The molecule has 2 heterocycles. The smallest absolute Gasteiger partial charge is 0.220 e. The first-order valence-electron chi connectivity index (χ1n) is 16.1. The van der Waals surface area contributed by atoms with E-state index >= 15 is 0 Å². The minimum absolute atomic E-state index is 0.00213. The third-order valence-corrected chi connectivity index (χ3v) is 9.00. The fourth-order valence-electron chi connectivity index (χ4n) is 5.46. The molecule has 10 heteroatoms. The molecule has 0 aliphatic carbocycles. The molecule has 4 aromatic rings. The monoisotopic (exact) mass is 654 g/mol. The number of ether oxygens (including phenoxy) is 2. The number of carbonyl (C=O) groups is 2. The Bertz CT molecular complexity index is 1570. The van der Waals surface area contributed by atoms with Gasteiger partial charge in [-0.05, 0) is 46.7 Å². The zero-order chi connectivity index (χ0) is 32.8. The summed E-state index contributed by atoms with van der Waals surface area (Å²) in [5.74, 6) is 0.678. The third kappa shape index (κ3) is 10.5. The summed E-state index contributed by atoms with van der Waals surface area (Å²) >= 11 is 1.56. The molecule has 3 unspecified atom stereocenters. The Balaban J connectivity index is 1.23. The van der Waals surface area contributed by atoms with Crippen molar-refractivity contribution in [3.05, 3.63) is 114 Å². The maximum Gasteiger partial charge on any atom is 0.220 e. The lowest BCUT2D eigenvalue weighted by Gasteiger charge is -2.36. The SMILES string of the molecule is CC(=O)NCCCCCC(=O)NCc1ccccc1-c1ccc(C2OC(CSc3ncccn3)CC(c3ccc(CO)cc3)O2)cc1. The van der Waals surface area contributed by atoms with Crippen LogP contribution in [0.1, 0.15) is 73.7 Å². The van der Waals surface area contributed by atoms with Gasteiger partial charge in [-0.1, -0.05) is 91.0 Å². The van der Waals surface area contributed by atoms with Gasteiger partial charge in [0, 0.05) is 56.6 Å². The van der Waals surface area contributed by atoms with Crippen LogP contribution in [-0.4, -0.2) is 45.3 Å². The minimum Gasteiger partial charge on any atom is -0.392 e. The van der Waals surface area contributed by atoms with Crippen LogP contribution in [0.5, 0.6) is 0 Å². The number of nitrogens with one attached hydrogen (secondary N) is 2. The fraction of sp³-hybridized carbons (Fsp3) is 0.351. The van der Waals surface area contributed by atoms with Gasteiger partial charge in [-0.3, -0.25) is 9.59 Å². The lowest BCUT2D eigenvalue weighted by Crippen LogP contribution is -2.31. The fourth-order valence-corrected chi connectivity index (χ4v) is 6.28. The topological polar surface area (TPSA) is 123 Å². The highest BCUT2D eigenvalue weighted by Crippen LogP contribution is 2.39. The predicted molar refractivity (Wildman–Crippen MR) is 182 cm³/mol. The second kappa shape index (κ2) is 17.7. The molecule has 3 aromatic carbocycles. The van der Waals surface area contributed by atoms with Crippen molar-refractivity contribution < 1.29 is 24.2 Å². The molecule has 47 heavy (non-hydrogen) atoms. The third-order valence-electron chi connectivity index (χ3n) is 8.00. The quantitative estimate of drug-likeness (QED) is 0.0777. The molecular formula is C37H42N4O5S. The van der Waals surface area contributed by atoms with E-state index in [9.17, 15) is 14.7 Å². The standard InChI is InChI=1S/C37H42N4O5S/c1-26(43)38-19-6-2-3-10-35(44)41-23-31-8-4-5-9-33(31)28-15-17-30(18-16-28)36-45-32(25-47-37-39-20-7-21-40-37)22-34(46-36)29-13-11-27(24-42)12-14-29/h4-5,7-9,11-18,20-21,32,34,36,42H,2-3,6,10,19,22-25H2,1H3,(H,38,43)(H,41,44). The summed E-state index contributed by atoms with van der Waals surface area (Å²) in [4.78, 5) is 32.2. The van der Waals surface area contributed by atoms with E-state index < -0.39 is 6.29 Å². The number of thioether (sulfide) groups is 1. The number of amides is 2. The number of aliphatic hydroxyl groups excluding tert-OH is 1. The van der Waals surface area contributed by atoms with E-state index in [-0.39, 0.29) is 30.6 Å². The van der Waals surface area contributed by atoms with E-state index in [1.165, 1.54) is 6.92 Å². The van der Waals surface area contributed by atoms with Crippen LogP contribution < -0.4 is 10.6 Å². The van der Waals surface area contributed by atoms with Crippen LogP contribution in [0.3, 0.4) is 0 Å². The summed E-state index contributed by atoms with van der Waals surface area (Å²) in [5.41, 5.74) is 5.95. The maximum atomic E-state index is 12.5. The van der Waals surface area contributed by atoms with Crippen LogP contribution in [0.4, 0.5) is 0 Å². The summed E-state index contributed by atoms with van der Waals surface area (Å²) in [6.45, 7) is 2.59. The lowest BCUT2D eigenvalue weighted by molar-refractivity contribution is -0.245. The van der Waals surface area contributed by atoms with Gasteiger partial charge in [0.25, 0.3) is 0 Å². The summed E-state index contributed by atoms with van der Waals surface area (Å²) in [5, 5.41) is 16.1. The van der Waals surface area contributed by atoms with Crippen LogP contribution in [0, 0.1) is 0 Å². The van der Waals surface area contributed by atoms with Gasteiger partial charge in [0.1, 0.15) is 0 Å². The molecule has 1 saturated heterocycles. The van der Waals surface area contributed by atoms with E-state index in [2.05, 4.69) is 38.8 Å². The number of aliphatic hydroxyl groups is 1. The van der Waals surface area contributed by atoms with Crippen molar-refractivity contribution in [1.29, 1.82) is 0 Å². The van der Waals surface area contributed by atoms with Gasteiger partial charge in [-0.25, -0.2) is 9.97 Å². The zero-order valence-electron chi connectivity index (χ0n) is 26.6. The number of hydrogen-bond acceptors (Lipinski definition) is 8. The molecule has 9 nitrogen and oxygen atoms in total. The molecule has 3 N–H and O–H groups in total. The van der Waals surface area contributed by atoms with Crippen LogP contribution in [0.2, 0.25) is 0 Å². The highest BCUT2D eigenvalue weighted by atomic mass is 32.2. The molecule has 1 aliphatic heterocycles. The Morgan fingerprint density at radius 2 is 1.62 bits per heavy atom. The normalized spacial score (nSPS) is 17.6. The molecule has 0 saturated carbocycles. The summed E-state index contributed by atoms with van der Waals surface area (Å²) in [7, 11) is 0. The second-order valence-electron chi connectivity index (χ2n) is 11.5. The highest BCUT2D eigenvalue weighted by molar-refractivity contribution is 7.99. The molecule has 1 aromatic heterocycles. The molecule has 1 fully saturated rings. The van der Waals surface area contributed by atoms with Gasteiger partial charge in [0.2, 0.25) is 11.8 Å². The summed E-state index contributed by atoms with van der Waals surface area (Å²) < 4.78 is 13.0. The molecule has 246 valence electrons. The average molecular weight is 655 g/mol. The zero-order valence-corrected chi connectivity index (χ0v) is 27.5. The van der Waals surface area contributed by atoms with Crippen LogP contribution >= 0.6 is 11.8 Å². The summed E-state index contributed by atoms with van der Waals surface area (Å²) in [6, 6.07) is 26.0. The Labute approximate surface area is 280 Å². The molecule has 0 radical (unpaired) electrons. The number of hydrogen-bond donors (Lipinski definition) is 3. The Hall–Kier alpha value is -4.09. The lowest BCUT2D eigenvalue weighted by atomic mass is 9.97. The van der Waals surface area contributed by atoms with E-state index in [0.717, 1.165) is 52.6 Å². The van der Waals surface area contributed by atoms with E-state index in [1.807, 2.05) is 54.6 Å². The molecule has 2 amide bonds. The van der Waals surface area contributed by atoms with Crippen LogP contribution in [0.15, 0.2) is 96.4 Å². The van der Waals surface area contributed by atoms with Crippen molar-refractivity contribution >= 4 is 23.6 Å². The summed E-state index contributed by atoms with van der Waals surface area (Å²) in [6.07, 6.45) is 6.34. The van der Waals surface area contributed by atoms with Gasteiger partial charge < -0.3 is 25.2 Å². The number of unbranched alkanes of at least 4 members (excludes halogenated alkanes) is 2. The number of nitrogens with zero attached hydrogens (tertiary/aromatic N) is 2. The highest BCUT2D eigenvalue weighted by Gasteiger charge is 2.32. The molecule has 0 bridgehead atoms. The van der Waals surface area contributed by atoms with Crippen molar-refractivity contribution in [3.63, 3.8) is 0 Å². The van der Waals surface area contributed by atoms with Gasteiger partial charge in [0.05, 0.1) is 18.8 Å². The van der Waals surface area contributed by atoms with E-state index in [0.29, 0.717) is 36.8 Å². The molecule has 3 atom stereocenters. The Morgan fingerprint density at radius 1 is 0.872 bits per heavy atom. The van der Waals surface area contributed by atoms with Gasteiger partial charge in [-0.15, -0.1) is 0 Å². The van der Waals surface area contributed by atoms with Crippen molar-refractivity contribution in [2.45, 2.75) is 75.8 Å². The Morgan fingerprint density at radius 3 is 2.36 bits per heavy atom. The van der Waals surface area contributed by atoms with Crippen molar-refractivity contribution in [3.8, 4) is 11.1 Å². The second-order valence-corrected chi connectivity index (χ2v) is 12.5. The number of rotatable bonds is 15. The van der Waals surface area contributed by atoms with Crippen molar-refractivity contribution in [2.24, 2.45) is 0 Å². The van der Waals surface area contributed by atoms with E-state index in [1.54, 1.807) is 30.2 Å². The number of aromatic nitrogens is 2.